The molecule has 0 radical (unpaired) electrons. The van der Waals surface area contributed by atoms with Crippen LogP contribution in [0.4, 0.5) is 0 Å². The molecule has 2 aromatic rings. The van der Waals surface area contributed by atoms with Gasteiger partial charge in [0, 0.05) is 13.6 Å². The molecule has 0 saturated heterocycles. The van der Waals surface area contributed by atoms with Crippen molar-refractivity contribution in [2.75, 3.05) is 20.1 Å². The molecule has 0 aromatic heterocycles. The van der Waals surface area contributed by atoms with Crippen molar-refractivity contribution in [3.8, 4) is 11.1 Å². The fourth-order valence-electron chi connectivity index (χ4n) is 2.40. The summed E-state index contributed by atoms with van der Waals surface area (Å²) in [5.74, 6) is 0. The summed E-state index contributed by atoms with van der Waals surface area (Å²) in [6, 6.07) is 16.8. The fraction of sp³-hybridized carbons (Fsp3) is 0.333. The minimum atomic E-state index is -3.53. The summed E-state index contributed by atoms with van der Waals surface area (Å²) in [6.45, 7) is 4.72. The van der Waals surface area contributed by atoms with E-state index in [0.717, 1.165) is 11.1 Å². The topological polar surface area (TPSA) is 63.4 Å². The lowest BCUT2D eigenvalue weighted by Crippen LogP contribution is -2.39. The van der Waals surface area contributed by atoms with E-state index in [4.69, 9.17) is 5.73 Å². The molecule has 0 saturated carbocycles. The molecular weight excluding hydrogens is 344 g/mol. The van der Waals surface area contributed by atoms with E-state index in [-0.39, 0.29) is 17.8 Å². The Hall–Kier alpha value is -1.40. The monoisotopic (exact) mass is 368 g/mol. The third-order valence-corrected chi connectivity index (χ3v) is 5.65. The Morgan fingerprint density at radius 2 is 1.58 bits per heavy atom. The summed E-state index contributed by atoms with van der Waals surface area (Å²) in [4.78, 5) is 0.300. The van der Waals surface area contributed by atoms with Crippen LogP contribution in [0.5, 0.6) is 0 Å². The van der Waals surface area contributed by atoms with Gasteiger partial charge in [-0.3, -0.25) is 0 Å². The van der Waals surface area contributed by atoms with Crippen molar-refractivity contribution in [2.24, 2.45) is 11.1 Å². The molecule has 4 nitrogen and oxygen atoms in total. The van der Waals surface area contributed by atoms with Crippen LogP contribution >= 0.6 is 12.4 Å². The Bertz CT molecular complexity index is 762. The molecule has 6 heteroatoms. The highest BCUT2D eigenvalue weighted by atomic mass is 35.5. The van der Waals surface area contributed by atoms with Gasteiger partial charge >= 0.3 is 0 Å². The molecular formula is C18H25ClN2O2S. The van der Waals surface area contributed by atoms with E-state index < -0.39 is 10.0 Å². The average Bonchev–Trinajstić information content (AvgIpc) is 2.55. The molecule has 24 heavy (non-hydrogen) atoms. The Labute approximate surface area is 151 Å². The molecule has 0 atom stereocenters. The van der Waals surface area contributed by atoms with Gasteiger partial charge in [-0.05, 0) is 35.2 Å². The zero-order chi connectivity index (χ0) is 17.1. The maximum atomic E-state index is 12.8. The van der Waals surface area contributed by atoms with Crippen LogP contribution in [0, 0.1) is 5.41 Å². The Morgan fingerprint density at radius 1 is 1.00 bits per heavy atom. The summed E-state index contributed by atoms with van der Waals surface area (Å²) in [5, 5.41) is 0. The molecule has 2 aromatic carbocycles. The molecule has 0 fully saturated rings. The highest BCUT2D eigenvalue weighted by molar-refractivity contribution is 7.89. The third kappa shape index (κ3) is 4.80. The van der Waals surface area contributed by atoms with Gasteiger partial charge < -0.3 is 5.73 Å². The van der Waals surface area contributed by atoms with Crippen molar-refractivity contribution < 1.29 is 8.42 Å². The smallest absolute Gasteiger partial charge is 0.242 e. The van der Waals surface area contributed by atoms with Crippen LogP contribution in [0.3, 0.4) is 0 Å². The Kier molecular flexibility index (Phi) is 6.98. The summed E-state index contributed by atoms with van der Waals surface area (Å²) < 4.78 is 27.0. The summed E-state index contributed by atoms with van der Waals surface area (Å²) in [5.41, 5.74) is 7.33. The predicted molar refractivity (Wildman–Crippen MR) is 102 cm³/mol. The maximum Gasteiger partial charge on any atom is 0.242 e. The van der Waals surface area contributed by atoms with E-state index >= 15 is 0 Å². The lowest BCUT2D eigenvalue weighted by molar-refractivity contribution is 0.292. The van der Waals surface area contributed by atoms with E-state index in [1.807, 2.05) is 50.2 Å². The zero-order valence-corrected chi connectivity index (χ0v) is 15.9. The van der Waals surface area contributed by atoms with Gasteiger partial charge in [0.2, 0.25) is 10.0 Å². The van der Waals surface area contributed by atoms with Gasteiger partial charge in [-0.1, -0.05) is 56.3 Å². The number of nitrogens with zero attached hydrogens (tertiary/aromatic N) is 1. The maximum absolute atomic E-state index is 12.8. The van der Waals surface area contributed by atoms with Gasteiger partial charge in [0.1, 0.15) is 0 Å². The molecule has 0 aliphatic rings. The number of sulfonamides is 1. The molecule has 132 valence electrons. The van der Waals surface area contributed by atoms with Crippen molar-refractivity contribution in [3.05, 3.63) is 54.6 Å². The van der Waals surface area contributed by atoms with Crippen molar-refractivity contribution in [2.45, 2.75) is 18.7 Å². The second kappa shape index (κ2) is 8.12. The lowest BCUT2D eigenvalue weighted by Gasteiger charge is -2.28. The van der Waals surface area contributed by atoms with Crippen LogP contribution in [0.15, 0.2) is 59.5 Å². The van der Waals surface area contributed by atoms with Crippen LogP contribution < -0.4 is 5.73 Å². The van der Waals surface area contributed by atoms with Crippen LogP contribution in [0.1, 0.15) is 13.8 Å². The molecule has 0 spiro atoms. The summed E-state index contributed by atoms with van der Waals surface area (Å²) in [7, 11) is -1.94. The third-order valence-electron chi connectivity index (χ3n) is 3.85. The highest BCUT2D eigenvalue weighted by Gasteiger charge is 2.27. The quantitative estimate of drug-likeness (QED) is 0.850. The van der Waals surface area contributed by atoms with E-state index in [0.29, 0.717) is 18.0 Å². The van der Waals surface area contributed by atoms with Crippen LogP contribution in [0.2, 0.25) is 0 Å². The highest BCUT2D eigenvalue weighted by Crippen LogP contribution is 2.25. The van der Waals surface area contributed by atoms with Gasteiger partial charge in [0.05, 0.1) is 4.90 Å². The Morgan fingerprint density at radius 3 is 2.17 bits per heavy atom. The normalized spacial score (nSPS) is 12.0. The molecule has 2 N–H and O–H groups in total. The lowest BCUT2D eigenvalue weighted by atomic mass is 9.94. The number of halogens is 1. The van der Waals surface area contributed by atoms with Crippen LogP contribution in [0.25, 0.3) is 11.1 Å². The van der Waals surface area contributed by atoms with Crippen molar-refractivity contribution in [1.29, 1.82) is 0 Å². The zero-order valence-electron chi connectivity index (χ0n) is 14.3. The van der Waals surface area contributed by atoms with Crippen molar-refractivity contribution in [3.63, 3.8) is 0 Å². The predicted octanol–water partition coefficient (Wildman–Crippen LogP) is 3.38. The van der Waals surface area contributed by atoms with Gasteiger partial charge in [-0.2, -0.15) is 0 Å². The number of benzene rings is 2. The molecule has 0 unspecified atom stereocenters. The number of nitrogens with two attached hydrogens (primary N) is 1. The molecule has 0 aliphatic heterocycles. The van der Waals surface area contributed by atoms with Gasteiger partial charge in [0.25, 0.3) is 0 Å². The van der Waals surface area contributed by atoms with Gasteiger partial charge in [-0.15, -0.1) is 12.4 Å². The first kappa shape index (κ1) is 20.6. The molecule has 0 aliphatic carbocycles. The molecule has 0 amide bonds. The van der Waals surface area contributed by atoms with Crippen LogP contribution in [-0.2, 0) is 10.0 Å². The fourth-order valence-corrected chi connectivity index (χ4v) is 3.80. The van der Waals surface area contributed by atoms with Crippen molar-refractivity contribution >= 4 is 22.4 Å². The second-order valence-corrected chi connectivity index (χ2v) is 8.57. The Balaban J connectivity index is 0.00000288. The second-order valence-electron chi connectivity index (χ2n) is 6.52. The first-order valence-electron chi connectivity index (χ1n) is 7.58. The molecule has 0 heterocycles. The largest absolute Gasteiger partial charge is 0.330 e. The van der Waals surface area contributed by atoms with E-state index in [9.17, 15) is 8.42 Å². The minimum Gasteiger partial charge on any atom is -0.330 e. The minimum absolute atomic E-state index is 0. The molecule has 0 bridgehead atoms. The standard InChI is InChI=1S/C18H24N2O2S.ClH/c1-18(2,13-19)14-20(3)23(21,22)17-11-7-10-16(12-17)15-8-5-4-6-9-15;/h4-12H,13-14,19H2,1-3H3;1H. The van der Waals surface area contributed by atoms with Gasteiger partial charge in [-0.25, -0.2) is 12.7 Å². The first-order valence-corrected chi connectivity index (χ1v) is 9.02. The van der Waals surface area contributed by atoms with Crippen LogP contribution in [-0.4, -0.2) is 32.9 Å². The average molecular weight is 369 g/mol. The van der Waals surface area contributed by atoms with E-state index in [1.165, 1.54) is 4.31 Å². The summed E-state index contributed by atoms with van der Waals surface area (Å²) >= 11 is 0. The number of rotatable bonds is 6. The van der Waals surface area contributed by atoms with E-state index in [2.05, 4.69) is 0 Å². The molecule has 2 rings (SSSR count). The number of hydrogen-bond donors (Lipinski definition) is 1. The van der Waals surface area contributed by atoms with Gasteiger partial charge in [0.15, 0.2) is 0 Å². The summed E-state index contributed by atoms with van der Waals surface area (Å²) in [6.07, 6.45) is 0. The van der Waals surface area contributed by atoms with Crippen molar-refractivity contribution in [1.82, 2.24) is 4.31 Å². The first-order chi connectivity index (χ1) is 10.8. The van der Waals surface area contributed by atoms with E-state index in [1.54, 1.807) is 25.2 Å². The SMILES string of the molecule is CN(CC(C)(C)CN)S(=O)(=O)c1cccc(-c2ccccc2)c1.Cl. The number of hydrogen-bond acceptors (Lipinski definition) is 3.